The number of pyridine rings is 1. The summed E-state index contributed by atoms with van der Waals surface area (Å²) in [7, 11) is 0. The van der Waals surface area contributed by atoms with E-state index in [9.17, 15) is 18.4 Å². The molecule has 0 atom stereocenters. The monoisotopic (exact) mass is 281 g/mol. The maximum Gasteiger partial charge on any atom is 0.341 e. The molecule has 0 unspecified atom stereocenters. The fourth-order valence-corrected chi connectivity index (χ4v) is 1.63. The van der Waals surface area contributed by atoms with Crippen molar-refractivity contribution in [2.75, 3.05) is 0 Å². The number of halogens is 3. The first kappa shape index (κ1) is 11.8. The molecular weight excluding hydrogens is 276 g/mol. The zero-order valence-corrected chi connectivity index (χ0v) is 8.85. The Kier molecular flexibility index (Phi) is 3.57. The minimum absolute atomic E-state index is 0.122. The molecule has 1 aromatic rings. The topological polar surface area (TPSA) is 70.2 Å². The quantitative estimate of drug-likeness (QED) is 0.832. The zero-order chi connectivity index (χ0) is 11.6. The van der Waals surface area contributed by atoms with Crippen LogP contribution in [-0.4, -0.2) is 16.1 Å². The van der Waals surface area contributed by atoms with Crippen molar-refractivity contribution in [3.63, 3.8) is 0 Å². The second kappa shape index (κ2) is 4.52. The van der Waals surface area contributed by atoms with Crippen LogP contribution in [0.1, 0.15) is 28.0 Å². The highest BCUT2D eigenvalue weighted by Gasteiger charge is 2.20. The molecule has 0 aromatic carbocycles. The van der Waals surface area contributed by atoms with Gasteiger partial charge in [0, 0.05) is 17.1 Å². The number of hydrogen-bond acceptors (Lipinski definition) is 2. The predicted molar refractivity (Wildman–Crippen MR) is 51.6 cm³/mol. The lowest BCUT2D eigenvalue weighted by molar-refractivity contribution is 0.0694. The van der Waals surface area contributed by atoms with Gasteiger partial charge in [-0.1, -0.05) is 15.9 Å². The maximum absolute atomic E-state index is 12.4. The average Bonchev–Trinajstić information content (AvgIpc) is 2.16. The molecule has 82 valence electrons. The van der Waals surface area contributed by atoms with Crippen LogP contribution >= 0.6 is 15.9 Å². The van der Waals surface area contributed by atoms with Gasteiger partial charge >= 0.3 is 5.97 Å². The van der Waals surface area contributed by atoms with Crippen LogP contribution in [0.4, 0.5) is 8.78 Å². The lowest BCUT2D eigenvalue weighted by Gasteiger charge is -2.06. The Morgan fingerprint density at radius 2 is 2.20 bits per heavy atom. The lowest BCUT2D eigenvalue weighted by atomic mass is 10.1. The second-order valence-electron chi connectivity index (χ2n) is 2.66. The van der Waals surface area contributed by atoms with Crippen molar-refractivity contribution in [2.45, 2.75) is 11.8 Å². The van der Waals surface area contributed by atoms with Crippen molar-refractivity contribution in [1.29, 1.82) is 0 Å². The third-order valence-electron chi connectivity index (χ3n) is 1.80. The van der Waals surface area contributed by atoms with E-state index in [0.29, 0.717) is 0 Å². The van der Waals surface area contributed by atoms with Crippen LogP contribution < -0.4 is 5.43 Å². The van der Waals surface area contributed by atoms with Crippen LogP contribution in [0.3, 0.4) is 0 Å². The van der Waals surface area contributed by atoms with Gasteiger partial charge in [-0.15, -0.1) is 0 Å². The largest absolute Gasteiger partial charge is 0.477 e. The van der Waals surface area contributed by atoms with Crippen molar-refractivity contribution < 1.29 is 18.7 Å². The molecule has 2 N–H and O–H groups in total. The Hall–Kier alpha value is -1.24. The van der Waals surface area contributed by atoms with Gasteiger partial charge in [-0.05, 0) is 0 Å². The highest BCUT2D eigenvalue weighted by Crippen LogP contribution is 2.20. The van der Waals surface area contributed by atoms with Crippen molar-refractivity contribution >= 4 is 21.9 Å². The number of hydrogen-bond donors (Lipinski definition) is 2. The summed E-state index contributed by atoms with van der Waals surface area (Å²) in [5.74, 6) is -1.45. The van der Waals surface area contributed by atoms with Crippen molar-refractivity contribution in [3.05, 3.63) is 33.2 Å². The number of carboxylic acids is 1. The van der Waals surface area contributed by atoms with E-state index in [1.807, 2.05) is 0 Å². The Balaban J connectivity index is 3.46. The number of nitrogens with one attached hydrogen (secondary N) is 1. The summed E-state index contributed by atoms with van der Waals surface area (Å²) in [6.45, 7) is 0. The Morgan fingerprint density at radius 3 is 2.60 bits per heavy atom. The second-order valence-corrected chi connectivity index (χ2v) is 3.22. The van der Waals surface area contributed by atoms with Crippen LogP contribution in [0, 0.1) is 0 Å². The molecule has 1 heterocycles. The van der Waals surface area contributed by atoms with Crippen LogP contribution in [0.15, 0.2) is 11.0 Å². The fourth-order valence-electron chi connectivity index (χ4n) is 1.07. The molecule has 0 aliphatic rings. The van der Waals surface area contributed by atoms with Gasteiger partial charge in [0.15, 0.2) is 0 Å². The average molecular weight is 282 g/mol. The molecular formula is C8H6BrF2NO3. The van der Waals surface area contributed by atoms with Gasteiger partial charge in [0.05, 0.1) is 5.69 Å². The first-order valence-corrected chi connectivity index (χ1v) is 4.93. The first-order chi connectivity index (χ1) is 6.99. The molecule has 0 radical (unpaired) electrons. The Labute approximate surface area is 91.1 Å². The minimum Gasteiger partial charge on any atom is -0.477 e. The number of rotatable bonds is 3. The summed E-state index contributed by atoms with van der Waals surface area (Å²) in [6, 6.07) is 0. The molecule has 0 saturated carbocycles. The first-order valence-electron chi connectivity index (χ1n) is 3.81. The molecule has 0 aliphatic carbocycles. The summed E-state index contributed by atoms with van der Waals surface area (Å²) in [5.41, 5.74) is -2.26. The van der Waals surface area contributed by atoms with Gasteiger partial charge in [0.2, 0.25) is 5.43 Å². The standard InChI is InChI=1S/C8H6BrF2NO3/c9-1-3-5(7(10)11)12-2-4(6(3)13)8(14)15/h2,7H,1H2,(H,12,13)(H,14,15). The molecule has 0 bridgehead atoms. The van der Waals surface area contributed by atoms with Gasteiger partial charge in [-0.3, -0.25) is 4.79 Å². The zero-order valence-electron chi connectivity index (χ0n) is 7.26. The molecule has 0 fully saturated rings. The van der Waals surface area contributed by atoms with E-state index in [1.54, 1.807) is 0 Å². The third-order valence-corrected chi connectivity index (χ3v) is 2.36. The normalized spacial score (nSPS) is 10.7. The summed E-state index contributed by atoms with van der Waals surface area (Å²) in [5, 5.41) is 8.47. The molecule has 1 rings (SSSR count). The van der Waals surface area contributed by atoms with Gasteiger partial charge < -0.3 is 10.1 Å². The van der Waals surface area contributed by atoms with E-state index in [4.69, 9.17) is 5.11 Å². The Bertz CT molecular complexity index is 444. The SMILES string of the molecule is O=C(O)c1c[nH]c(C(F)F)c(CBr)c1=O. The Morgan fingerprint density at radius 1 is 1.60 bits per heavy atom. The molecule has 7 heteroatoms. The van der Waals surface area contributed by atoms with E-state index in [-0.39, 0.29) is 10.9 Å². The minimum atomic E-state index is -2.84. The maximum atomic E-state index is 12.4. The van der Waals surface area contributed by atoms with Crippen molar-refractivity contribution in [3.8, 4) is 0 Å². The molecule has 1 aromatic heterocycles. The highest BCUT2D eigenvalue weighted by atomic mass is 79.9. The number of aromatic amines is 1. The third kappa shape index (κ3) is 2.23. The molecule has 4 nitrogen and oxygen atoms in total. The number of aromatic nitrogens is 1. The van der Waals surface area contributed by atoms with E-state index in [0.717, 1.165) is 6.20 Å². The number of carbonyl (C=O) groups is 1. The van der Waals surface area contributed by atoms with Crippen LogP contribution in [0.25, 0.3) is 0 Å². The smallest absolute Gasteiger partial charge is 0.341 e. The van der Waals surface area contributed by atoms with Crippen LogP contribution in [0.5, 0.6) is 0 Å². The number of aromatic carboxylic acids is 1. The van der Waals surface area contributed by atoms with Gasteiger partial charge in [-0.2, -0.15) is 0 Å². The predicted octanol–water partition coefficient (Wildman–Crippen LogP) is 1.91. The molecule has 15 heavy (non-hydrogen) atoms. The van der Waals surface area contributed by atoms with Gasteiger partial charge in [0.1, 0.15) is 5.56 Å². The van der Waals surface area contributed by atoms with E-state index in [2.05, 4.69) is 20.9 Å². The fraction of sp³-hybridized carbons (Fsp3) is 0.250. The lowest BCUT2D eigenvalue weighted by Crippen LogP contribution is -2.21. The van der Waals surface area contributed by atoms with Crippen LogP contribution in [-0.2, 0) is 5.33 Å². The number of carboxylic acid groups (broad SMARTS) is 1. The van der Waals surface area contributed by atoms with Crippen molar-refractivity contribution in [2.24, 2.45) is 0 Å². The van der Waals surface area contributed by atoms with Crippen molar-refractivity contribution in [1.82, 2.24) is 4.98 Å². The summed E-state index contributed by atoms with van der Waals surface area (Å²) in [6.07, 6.45) is -2.06. The van der Waals surface area contributed by atoms with Crippen LogP contribution in [0.2, 0.25) is 0 Å². The number of H-pyrrole nitrogens is 1. The summed E-state index contributed by atoms with van der Waals surface area (Å²) < 4.78 is 24.8. The summed E-state index contributed by atoms with van der Waals surface area (Å²) in [4.78, 5) is 24.1. The molecule has 0 spiro atoms. The van der Waals surface area contributed by atoms with E-state index >= 15 is 0 Å². The van der Waals surface area contributed by atoms with Gasteiger partial charge in [0.25, 0.3) is 6.43 Å². The number of alkyl halides is 3. The summed E-state index contributed by atoms with van der Waals surface area (Å²) >= 11 is 2.86. The van der Waals surface area contributed by atoms with E-state index < -0.39 is 29.1 Å². The highest BCUT2D eigenvalue weighted by molar-refractivity contribution is 9.08. The molecule has 0 amide bonds. The van der Waals surface area contributed by atoms with E-state index in [1.165, 1.54) is 0 Å². The molecule has 0 aliphatic heterocycles. The molecule has 0 saturated heterocycles. The van der Waals surface area contributed by atoms with Gasteiger partial charge in [-0.25, -0.2) is 13.6 Å².